The van der Waals surface area contributed by atoms with E-state index in [0.717, 1.165) is 25.1 Å². The molecule has 1 aliphatic rings. The Kier molecular flexibility index (Phi) is 4.19. The van der Waals surface area contributed by atoms with Gasteiger partial charge in [0.25, 0.3) is 0 Å². The summed E-state index contributed by atoms with van der Waals surface area (Å²) in [7, 11) is 0. The van der Waals surface area contributed by atoms with E-state index in [1.165, 1.54) is 11.1 Å². The zero-order valence-electron chi connectivity index (χ0n) is 12.9. The molecule has 1 N–H and O–H groups in total. The van der Waals surface area contributed by atoms with Crippen LogP contribution in [0.1, 0.15) is 45.2 Å². The van der Waals surface area contributed by atoms with Gasteiger partial charge in [-0.3, -0.25) is 0 Å². The van der Waals surface area contributed by atoms with Gasteiger partial charge in [-0.25, -0.2) is 0 Å². The predicted molar refractivity (Wildman–Crippen MR) is 80.8 cm³/mol. The molecule has 0 amide bonds. The summed E-state index contributed by atoms with van der Waals surface area (Å²) in [6.07, 6.45) is 2.49. The molecule has 2 rings (SSSR count). The van der Waals surface area contributed by atoms with Gasteiger partial charge in [0.05, 0.1) is 0 Å². The fourth-order valence-corrected chi connectivity index (χ4v) is 2.73. The molecule has 1 heterocycles. The predicted octanol–water partition coefficient (Wildman–Crippen LogP) is 3.71. The largest absolute Gasteiger partial charge is 0.490 e. The van der Waals surface area contributed by atoms with E-state index in [1.807, 2.05) is 0 Å². The molecule has 1 aliphatic heterocycles. The molecule has 1 aromatic rings. The van der Waals surface area contributed by atoms with E-state index >= 15 is 0 Å². The van der Waals surface area contributed by atoms with Crippen LogP contribution in [-0.4, -0.2) is 18.7 Å². The lowest BCUT2D eigenvalue weighted by Gasteiger charge is -2.29. The molecular weight excluding hydrogens is 234 g/mol. The number of benzene rings is 1. The summed E-state index contributed by atoms with van der Waals surface area (Å²) in [4.78, 5) is 0. The van der Waals surface area contributed by atoms with Crippen molar-refractivity contribution in [3.8, 4) is 5.75 Å². The average Bonchev–Trinajstić information content (AvgIpc) is 2.67. The number of ether oxygens (including phenoxy) is 1. The summed E-state index contributed by atoms with van der Waals surface area (Å²) >= 11 is 0. The average molecular weight is 261 g/mol. The standard InChI is InChI=1S/C17H27NO/c1-12(2)18-11-17(4,5)10-15-9-14-8-13(3)6-7-16(14)19-15/h6-8,12,15,18H,9-11H2,1-5H3. The van der Waals surface area contributed by atoms with Gasteiger partial charge in [0.2, 0.25) is 0 Å². The number of rotatable bonds is 5. The molecule has 0 aromatic heterocycles. The van der Waals surface area contributed by atoms with E-state index in [4.69, 9.17) is 4.74 Å². The summed E-state index contributed by atoms with van der Waals surface area (Å²) in [5, 5.41) is 3.53. The van der Waals surface area contributed by atoms with Crippen LogP contribution in [0.5, 0.6) is 5.75 Å². The Bertz CT molecular complexity index is 437. The molecule has 1 unspecified atom stereocenters. The minimum absolute atomic E-state index is 0.270. The van der Waals surface area contributed by atoms with Crippen LogP contribution in [0.15, 0.2) is 18.2 Å². The Hall–Kier alpha value is -1.02. The highest BCUT2D eigenvalue weighted by atomic mass is 16.5. The van der Waals surface area contributed by atoms with Gasteiger partial charge in [0.15, 0.2) is 0 Å². The van der Waals surface area contributed by atoms with Gasteiger partial charge in [-0.05, 0) is 30.4 Å². The van der Waals surface area contributed by atoms with Gasteiger partial charge in [0, 0.05) is 19.0 Å². The highest BCUT2D eigenvalue weighted by molar-refractivity contribution is 5.40. The Balaban J connectivity index is 1.92. The monoisotopic (exact) mass is 261 g/mol. The third-order valence-electron chi connectivity index (χ3n) is 3.73. The number of nitrogens with one attached hydrogen (secondary N) is 1. The van der Waals surface area contributed by atoms with E-state index < -0.39 is 0 Å². The van der Waals surface area contributed by atoms with E-state index in [1.54, 1.807) is 0 Å². The maximum atomic E-state index is 6.08. The van der Waals surface area contributed by atoms with E-state index in [2.05, 4.69) is 58.1 Å². The molecule has 0 radical (unpaired) electrons. The Morgan fingerprint density at radius 1 is 1.37 bits per heavy atom. The minimum Gasteiger partial charge on any atom is -0.490 e. The van der Waals surface area contributed by atoms with Crippen molar-refractivity contribution in [3.63, 3.8) is 0 Å². The van der Waals surface area contributed by atoms with Crippen molar-refractivity contribution < 1.29 is 4.74 Å². The first-order chi connectivity index (χ1) is 8.85. The summed E-state index contributed by atoms with van der Waals surface area (Å²) in [6.45, 7) is 12.2. The van der Waals surface area contributed by atoms with Crippen molar-refractivity contribution in [3.05, 3.63) is 29.3 Å². The number of hydrogen-bond acceptors (Lipinski definition) is 2. The third-order valence-corrected chi connectivity index (χ3v) is 3.73. The van der Waals surface area contributed by atoms with Crippen LogP contribution in [0.2, 0.25) is 0 Å². The first-order valence-electron chi connectivity index (χ1n) is 7.35. The molecule has 0 spiro atoms. The Morgan fingerprint density at radius 2 is 2.11 bits per heavy atom. The highest BCUT2D eigenvalue weighted by Crippen LogP contribution is 2.34. The normalized spacial score (nSPS) is 18.5. The van der Waals surface area contributed by atoms with Crippen molar-refractivity contribution in [1.82, 2.24) is 5.32 Å². The summed E-state index contributed by atoms with van der Waals surface area (Å²) in [5.41, 5.74) is 2.97. The van der Waals surface area contributed by atoms with Crippen LogP contribution < -0.4 is 10.1 Å². The van der Waals surface area contributed by atoms with Crippen molar-refractivity contribution in [2.45, 2.75) is 59.6 Å². The maximum Gasteiger partial charge on any atom is 0.123 e. The van der Waals surface area contributed by atoms with Crippen LogP contribution >= 0.6 is 0 Å². The van der Waals surface area contributed by atoms with Gasteiger partial charge < -0.3 is 10.1 Å². The van der Waals surface area contributed by atoms with Crippen LogP contribution in [0, 0.1) is 12.3 Å². The van der Waals surface area contributed by atoms with E-state index in [9.17, 15) is 0 Å². The smallest absolute Gasteiger partial charge is 0.123 e. The first kappa shape index (κ1) is 14.4. The fourth-order valence-electron chi connectivity index (χ4n) is 2.73. The molecular formula is C17H27NO. The number of fused-ring (bicyclic) bond motifs is 1. The van der Waals surface area contributed by atoms with E-state index in [-0.39, 0.29) is 5.41 Å². The van der Waals surface area contributed by atoms with Crippen molar-refractivity contribution in [2.24, 2.45) is 5.41 Å². The molecule has 0 aliphatic carbocycles. The van der Waals surface area contributed by atoms with Gasteiger partial charge in [-0.1, -0.05) is 45.4 Å². The molecule has 0 fully saturated rings. The van der Waals surface area contributed by atoms with Crippen LogP contribution in [0.25, 0.3) is 0 Å². The van der Waals surface area contributed by atoms with Crippen molar-refractivity contribution in [1.29, 1.82) is 0 Å². The summed E-state index contributed by atoms with van der Waals surface area (Å²) in [6, 6.07) is 7.05. The molecule has 0 saturated heterocycles. The molecule has 2 heteroatoms. The number of hydrogen-bond donors (Lipinski definition) is 1. The van der Waals surface area contributed by atoms with Gasteiger partial charge in [-0.15, -0.1) is 0 Å². The zero-order valence-corrected chi connectivity index (χ0v) is 12.9. The second-order valence-electron chi connectivity index (χ2n) is 6.96. The highest BCUT2D eigenvalue weighted by Gasteiger charge is 2.29. The molecule has 1 aromatic carbocycles. The topological polar surface area (TPSA) is 21.3 Å². The van der Waals surface area contributed by atoms with E-state index in [0.29, 0.717) is 12.1 Å². The quantitative estimate of drug-likeness (QED) is 0.872. The zero-order chi connectivity index (χ0) is 14.0. The lowest BCUT2D eigenvalue weighted by Crippen LogP contribution is -2.36. The van der Waals surface area contributed by atoms with Gasteiger partial charge in [-0.2, -0.15) is 0 Å². The maximum absolute atomic E-state index is 6.08. The first-order valence-corrected chi connectivity index (χ1v) is 7.35. The molecule has 2 nitrogen and oxygen atoms in total. The van der Waals surface area contributed by atoms with Crippen LogP contribution in [0.3, 0.4) is 0 Å². The summed E-state index contributed by atoms with van der Waals surface area (Å²) < 4.78 is 6.08. The second kappa shape index (κ2) is 5.54. The van der Waals surface area contributed by atoms with Crippen LogP contribution in [0.4, 0.5) is 0 Å². The fraction of sp³-hybridized carbons (Fsp3) is 0.647. The SMILES string of the molecule is Cc1ccc2c(c1)CC(CC(C)(C)CNC(C)C)O2. The lowest BCUT2D eigenvalue weighted by atomic mass is 9.85. The molecule has 19 heavy (non-hydrogen) atoms. The van der Waals surface area contributed by atoms with Gasteiger partial charge in [0.1, 0.15) is 11.9 Å². The summed E-state index contributed by atoms with van der Waals surface area (Å²) in [5.74, 6) is 1.09. The van der Waals surface area contributed by atoms with Crippen LogP contribution in [-0.2, 0) is 6.42 Å². The van der Waals surface area contributed by atoms with Gasteiger partial charge >= 0.3 is 0 Å². The van der Waals surface area contributed by atoms with Crippen molar-refractivity contribution in [2.75, 3.05) is 6.54 Å². The minimum atomic E-state index is 0.270. The molecule has 0 bridgehead atoms. The lowest BCUT2D eigenvalue weighted by molar-refractivity contribution is 0.153. The van der Waals surface area contributed by atoms with Crippen molar-refractivity contribution >= 4 is 0 Å². The molecule has 1 atom stereocenters. The molecule has 106 valence electrons. The second-order valence-corrected chi connectivity index (χ2v) is 6.96. The Morgan fingerprint density at radius 3 is 2.79 bits per heavy atom. The Labute approximate surface area is 117 Å². The third kappa shape index (κ3) is 3.97. The number of aryl methyl sites for hydroxylation is 1. The molecule has 0 saturated carbocycles.